The number of aryl methyl sites for hydroxylation is 1. The topological polar surface area (TPSA) is 58.1 Å². The minimum atomic E-state index is -0.137. The summed E-state index contributed by atoms with van der Waals surface area (Å²) in [7, 11) is 0. The number of benzene rings is 2. The van der Waals surface area contributed by atoms with E-state index in [2.05, 4.69) is 44.5 Å². The Balaban J connectivity index is 1.37. The first-order chi connectivity index (χ1) is 14.1. The fraction of sp³-hybridized carbons (Fsp3) is 0.227. The average Bonchev–Trinajstić information content (AvgIpc) is 2.74. The Morgan fingerprint density at radius 1 is 1.21 bits per heavy atom. The largest absolute Gasteiger partial charge is 0.352 e. The molecule has 5 nitrogen and oxygen atoms in total. The molecule has 7 heteroatoms. The van der Waals surface area contributed by atoms with E-state index in [1.54, 1.807) is 6.20 Å². The van der Waals surface area contributed by atoms with Crippen molar-refractivity contribution in [2.75, 3.05) is 22.5 Å². The predicted octanol–water partition coefficient (Wildman–Crippen LogP) is 4.73. The van der Waals surface area contributed by atoms with E-state index in [9.17, 15) is 4.79 Å². The monoisotopic (exact) mass is 424 g/mol. The number of halogens is 1. The molecule has 3 aromatic rings. The molecule has 0 saturated carbocycles. The number of aromatic nitrogens is 2. The summed E-state index contributed by atoms with van der Waals surface area (Å²) in [5.74, 6) is 0.969. The Kier molecular flexibility index (Phi) is 6.02. The van der Waals surface area contributed by atoms with Gasteiger partial charge in [-0.25, -0.2) is 9.97 Å². The van der Waals surface area contributed by atoms with Crippen LogP contribution in [-0.4, -0.2) is 28.2 Å². The number of hydrogen-bond acceptors (Lipinski definition) is 5. The van der Waals surface area contributed by atoms with Crippen molar-refractivity contribution in [3.8, 4) is 0 Å². The highest BCUT2D eigenvalue weighted by atomic mass is 35.5. The van der Waals surface area contributed by atoms with Crippen molar-refractivity contribution in [3.05, 3.63) is 76.4 Å². The molecule has 1 aliphatic heterocycles. The van der Waals surface area contributed by atoms with Crippen LogP contribution in [0, 0.1) is 6.92 Å². The van der Waals surface area contributed by atoms with Crippen LogP contribution in [0.15, 0.2) is 59.9 Å². The van der Waals surface area contributed by atoms with E-state index >= 15 is 0 Å². The third-order valence-corrected chi connectivity index (χ3v) is 5.98. The number of carbonyl (C=O) groups excluding carboxylic acids is 1. The molecular formula is C22H21ClN4OS. The van der Waals surface area contributed by atoms with Gasteiger partial charge in [0.05, 0.1) is 16.5 Å². The molecule has 2 heterocycles. The maximum absolute atomic E-state index is 12.3. The lowest BCUT2D eigenvalue weighted by Crippen LogP contribution is -2.31. The number of rotatable bonds is 5. The van der Waals surface area contributed by atoms with Crippen LogP contribution < -0.4 is 10.2 Å². The first kappa shape index (κ1) is 19.7. The summed E-state index contributed by atoms with van der Waals surface area (Å²) in [6.07, 6.45) is 2.75. The standard InChI is InChI=1S/C22H21ClN4OS/c1-15-6-7-19(18(23)12-15)25-21(28)14-29-22-24-10-8-20(26-22)27-11-9-16-4-2-3-5-17(16)13-27/h2-8,10,12H,9,11,13-14H2,1H3,(H,25,28). The average molecular weight is 425 g/mol. The Morgan fingerprint density at radius 2 is 2.03 bits per heavy atom. The minimum absolute atomic E-state index is 0.137. The lowest BCUT2D eigenvalue weighted by atomic mass is 10.00. The molecule has 1 N–H and O–H groups in total. The van der Waals surface area contributed by atoms with Gasteiger partial charge in [-0.3, -0.25) is 4.79 Å². The Morgan fingerprint density at radius 3 is 2.86 bits per heavy atom. The van der Waals surface area contributed by atoms with Gasteiger partial charge in [0.1, 0.15) is 5.82 Å². The highest BCUT2D eigenvalue weighted by Gasteiger charge is 2.17. The van der Waals surface area contributed by atoms with Crippen LogP contribution in [0.3, 0.4) is 0 Å². The summed E-state index contributed by atoms with van der Waals surface area (Å²) in [6.45, 7) is 3.72. The maximum atomic E-state index is 12.3. The fourth-order valence-electron chi connectivity index (χ4n) is 3.31. The molecular weight excluding hydrogens is 404 g/mol. The summed E-state index contributed by atoms with van der Waals surface area (Å²) in [6, 6.07) is 16.0. The molecule has 1 amide bonds. The number of hydrogen-bond donors (Lipinski definition) is 1. The normalized spacial score (nSPS) is 13.1. The number of fused-ring (bicyclic) bond motifs is 1. The van der Waals surface area contributed by atoms with Gasteiger partial charge < -0.3 is 10.2 Å². The second-order valence-electron chi connectivity index (χ2n) is 6.96. The van der Waals surface area contributed by atoms with Crippen LogP contribution in [0.2, 0.25) is 5.02 Å². The lowest BCUT2D eigenvalue weighted by Gasteiger charge is -2.29. The highest BCUT2D eigenvalue weighted by Crippen LogP contribution is 2.25. The number of carbonyl (C=O) groups is 1. The van der Waals surface area contributed by atoms with Gasteiger partial charge in [-0.2, -0.15) is 0 Å². The first-order valence-electron chi connectivity index (χ1n) is 9.42. The molecule has 0 radical (unpaired) electrons. The van der Waals surface area contributed by atoms with E-state index in [1.807, 2.05) is 31.2 Å². The second-order valence-corrected chi connectivity index (χ2v) is 8.31. The van der Waals surface area contributed by atoms with Gasteiger partial charge in [0.15, 0.2) is 5.16 Å². The van der Waals surface area contributed by atoms with Gasteiger partial charge in [-0.05, 0) is 48.2 Å². The summed E-state index contributed by atoms with van der Waals surface area (Å²) in [5, 5.41) is 3.96. The van der Waals surface area contributed by atoms with Gasteiger partial charge >= 0.3 is 0 Å². The molecule has 148 valence electrons. The predicted molar refractivity (Wildman–Crippen MR) is 119 cm³/mol. The van der Waals surface area contributed by atoms with Crippen LogP contribution >= 0.6 is 23.4 Å². The summed E-state index contributed by atoms with van der Waals surface area (Å²) in [5.41, 5.74) is 4.40. The van der Waals surface area contributed by atoms with Crippen molar-refractivity contribution in [1.29, 1.82) is 0 Å². The van der Waals surface area contributed by atoms with E-state index in [-0.39, 0.29) is 11.7 Å². The molecule has 1 aliphatic rings. The third kappa shape index (κ3) is 4.89. The van der Waals surface area contributed by atoms with Crippen molar-refractivity contribution < 1.29 is 4.79 Å². The first-order valence-corrected chi connectivity index (χ1v) is 10.8. The van der Waals surface area contributed by atoms with E-state index in [0.717, 1.165) is 30.9 Å². The molecule has 0 fully saturated rings. The van der Waals surface area contributed by atoms with E-state index in [0.29, 0.717) is 15.9 Å². The second kappa shape index (κ2) is 8.84. The van der Waals surface area contributed by atoms with Crippen molar-refractivity contribution >= 4 is 40.8 Å². The number of nitrogens with zero attached hydrogens (tertiary/aromatic N) is 3. The van der Waals surface area contributed by atoms with Crippen LogP contribution in [0.4, 0.5) is 11.5 Å². The van der Waals surface area contributed by atoms with Crippen molar-refractivity contribution in [2.24, 2.45) is 0 Å². The Hall–Kier alpha value is -2.57. The number of nitrogens with one attached hydrogen (secondary N) is 1. The Bertz CT molecular complexity index is 1040. The van der Waals surface area contributed by atoms with Crippen LogP contribution in [0.25, 0.3) is 0 Å². The third-order valence-electron chi connectivity index (χ3n) is 4.80. The summed E-state index contributed by atoms with van der Waals surface area (Å²) < 4.78 is 0. The molecule has 0 saturated heterocycles. The van der Waals surface area contributed by atoms with Crippen molar-refractivity contribution in [1.82, 2.24) is 9.97 Å². The van der Waals surface area contributed by atoms with E-state index in [4.69, 9.17) is 11.6 Å². The van der Waals surface area contributed by atoms with Gasteiger partial charge in [-0.1, -0.05) is 53.7 Å². The molecule has 0 spiro atoms. The minimum Gasteiger partial charge on any atom is -0.352 e. The molecule has 4 rings (SSSR count). The van der Waals surface area contributed by atoms with E-state index < -0.39 is 0 Å². The molecule has 1 aromatic heterocycles. The van der Waals surface area contributed by atoms with Crippen LogP contribution in [0.1, 0.15) is 16.7 Å². The van der Waals surface area contributed by atoms with Crippen molar-refractivity contribution in [2.45, 2.75) is 25.0 Å². The zero-order valence-corrected chi connectivity index (χ0v) is 17.6. The quantitative estimate of drug-likeness (QED) is 0.474. The lowest BCUT2D eigenvalue weighted by molar-refractivity contribution is -0.113. The van der Waals surface area contributed by atoms with Gasteiger partial charge in [0, 0.05) is 19.3 Å². The molecule has 2 aromatic carbocycles. The van der Waals surface area contributed by atoms with Gasteiger partial charge in [0.25, 0.3) is 0 Å². The van der Waals surface area contributed by atoms with Gasteiger partial charge in [-0.15, -0.1) is 0 Å². The highest BCUT2D eigenvalue weighted by molar-refractivity contribution is 7.99. The Labute approximate surface area is 179 Å². The molecule has 0 unspecified atom stereocenters. The number of thioether (sulfide) groups is 1. The molecule has 0 atom stereocenters. The smallest absolute Gasteiger partial charge is 0.234 e. The van der Waals surface area contributed by atoms with Gasteiger partial charge in [0.2, 0.25) is 5.91 Å². The summed E-state index contributed by atoms with van der Waals surface area (Å²) in [4.78, 5) is 23.5. The fourth-order valence-corrected chi connectivity index (χ4v) is 4.21. The maximum Gasteiger partial charge on any atom is 0.234 e. The molecule has 0 aliphatic carbocycles. The summed E-state index contributed by atoms with van der Waals surface area (Å²) >= 11 is 7.50. The zero-order valence-electron chi connectivity index (χ0n) is 16.1. The van der Waals surface area contributed by atoms with Crippen molar-refractivity contribution in [3.63, 3.8) is 0 Å². The number of anilines is 2. The van der Waals surface area contributed by atoms with E-state index in [1.165, 1.54) is 22.9 Å². The van der Waals surface area contributed by atoms with Crippen LogP contribution in [-0.2, 0) is 17.8 Å². The SMILES string of the molecule is Cc1ccc(NC(=O)CSc2nccc(N3CCc4ccccc4C3)n2)c(Cl)c1. The zero-order chi connectivity index (χ0) is 20.2. The van der Waals surface area contributed by atoms with Crippen LogP contribution in [0.5, 0.6) is 0 Å². The molecule has 29 heavy (non-hydrogen) atoms. The molecule has 0 bridgehead atoms. The number of amides is 1.